The summed E-state index contributed by atoms with van der Waals surface area (Å²) in [6.07, 6.45) is 5.13. The highest BCUT2D eigenvalue weighted by Gasteiger charge is 2.27. The summed E-state index contributed by atoms with van der Waals surface area (Å²) in [5.41, 5.74) is 0. The van der Waals surface area contributed by atoms with Gasteiger partial charge in [-0.1, -0.05) is 26.7 Å². The Hall–Kier alpha value is 0.1000. The second-order valence-corrected chi connectivity index (χ2v) is 7.31. The summed E-state index contributed by atoms with van der Waals surface area (Å²) in [5, 5.41) is 5.91. The molecular weight excluding hydrogens is 320 g/mol. The van der Waals surface area contributed by atoms with Gasteiger partial charge in [0.25, 0.3) is 0 Å². The van der Waals surface area contributed by atoms with E-state index < -0.39 is 0 Å². The molecule has 0 aliphatic carbocycles. The van der Waals surface area contributed by atoms with Gasteiger partial charge in [0, 0.05) is 41.1 Å². The number of thiophene rings is 1. The quantitative estimate of drug-likeness (QED) is 0.829. The van der Waals surface area contributed by atoms with Gasteiger partial charge in [0.1, 0.15) is 0 Å². The molecule has 2 heterocycles. The fourth-order valence-electron chi connectivity index (χ4n) is 2.90. The lowest BCUT2D eigenvalue weighted by Crippen LogP contribution is -2.55. The Morgan fingerprint density at radius 1 is 1.37 bits per heavy atom. The van der Waals surface area contributed by atoms with E-state index in [-0.39, 0.29) is 0 Å². The zero-order valence-electron chi connectivity index (χ0n) is 12.0. The van der Waals surface area contributed by atoms with Crippen LogP contribution in [0.5, 0.6) is 0 Å². The molecule has 0 amide bonds. The molecule has 4 heteroatoms. The molecule has 2 rings (SSSR count). The Balaban J connectivity index is 2.00. The SMILES string of the molecule is CCCC1CN(Cc2sccc2Br)C(CCC)CN1. The minimum Gasteiger partial charge on any atom is -0.311 e. The first-order chi connectivity index (χ1) is 9.24. The number of nitrogens with one attached hydrogen (secondary N) is 1. The van der Waals surface area contributed by atoms with Gasteiger partial charge in [-0.3, -0.25) is 4.90 Å². The number of piperazine rings is 1. The van der Waals surface area contributed by atoms with Gasteiger partial charge < -0.3 is 5.32 Å². The molecular formula is C15H25BrN2S. The Kier molecular flexibility index (Phi) is 6.33. The van der Waals surface area contributed by atoms with Gasteiger partial charge in [0.05, 0.1) is 0 Å². The maximum Gasteiger partial charge on any atom is 0.0343 e. The van der Waals surface area contributed by atoms with Crippen molar-refractivity contribution in [1.29, 1.82) is 0 Å². The van der Waals surface area contributed by atoms with Gasteiger partial charge in [0.2, 0.25) is 0 Å². The summed E-state index contributed by atoms with van der Waals surface area (Å²) in [5.74, 6) is 0. The molecule has 0 aromatic carbocycles. The van der Waals surface area contributed by atoms with E-state index in [1.807, 2.05) is 11.3 Å². The molecule has 1 aromatic rings. The maximum atomic E-state index is 3.73. The van der Waals surface area contributed by atoms with E-state index in [0.717, 1.165) is 13.1 Å². The molecule has 1 N–H and O–H groups in total. The van der Waals surface area contributed by atoms with Gasteiger partial charge in [0.15, 0.2) is 0 Å². The Bertz CT molecular complexity index is 380. The van der Waals surface area contributed by atoms with Crippen LogP contribution in [0.2, 0.25) is 0 Å². The van der Waals surface area contributed by atoms with Crippen LogP contribution in [0.25, 0.3) is 0 Å². The minimum atomic E-state index is 0.678. The molecule has 0 spiro atoms. The summed E-state index contributed by atoms with van der Waals surface area (Å²) in [7, 11) is 0. The monoisotopic (exact) mass is 344 g/mol. The van der Waals surface area contributed by atoms with Crippen molar-refractivity contribution in [1.82, 2.24) is 10.2 Å². The molecule has 108 valence electrons. The molecule has 19 heavy (non-hydrogen) atoms. The highest BCUT2D eigenvalue weighted by molar-refractivity contribution is 9.10. The topological polar surface area (TPSA) is 15.3 Å². The number of hydrogen-bond donors (Lipinski definition) is 1. The van der Waals surface area contributed by atoms with E-state index in [1.54, 1.807) is 0 Å². The van der Waals surface area contributed by atoms with Gasteiger partial charge in [-0.25, -0.2) is 0 Å². The Morgan fingerprint density at radius 3 is 2.79 bits per heavy atom. The van der Waals surface area contributed by atoms with E-state index in [1.165, 1.54) is 41.6 Å². The predicted octanol–water partition coefficient (Wildman–Crippen LogP) is 4.25. The molecule has 1 aliphatic rings. The number of nitrogens with zero attached hydrogens (tertiary/aromatic N) is 1. The molecule has 1 aromatic heterocycles. The summed E-state index contributed by atoms with van der Waals surface area (Å²) >= 11 is 5.53. The Morgan fingerprint density at radius 2 is 2.16 bits per heavy atom. The molecule has 1 saturated heterocycles. The van der Waals surface area contributed by atoms with E-state index >= 15 is 0 Å². The molecule has 0 bridgehead atoms. The van der Waals surface area contributed by atoms with Crippen LogP contribution in [0, 0.1) is 0 Å². The Labute approximate surface area is 129 Å². The molecule has 2 atom stereocenters. The van der Waals surface area contributed by atoms with Crippen molar-refractivity contribution in [2.45, 2.75) is 58.2 Å². The smallest absolute Gasteiger partial charge is 0.0343 e. The summed E-state index contributed by atoms with van der Waals surface area (Å²) in [4.78, 5) is 4.16. The maximum absolute atomic E-state index is 3.73. The van der Waals surface area contributed by atoms with Gasteiger partial charge >= 0.3 is 0 Å². The third-order valence-electron chi connectivity index (χ3n) is 3.91. The highest BCUT2D eigenvalue weighted by atomic mass is 79.9. The fourth-order valence-corrected chi connectivity index (χ4v) is 4.41. The first kappa shape index (κ1) is 15.5. The molecule has 0 saturated carbocycles. The third-order valence-corrected chi connectivity index (χ3v) is 5.82. The zero-order chi connectivity index (χ0) is 13.7. The van der Waals surface area contributed by atoms with E-state index in [9.17, 15) is 0 Å². The normalized spacial score (nSPS) is 24.8. The number of rotatable bonds is 6. The lowest BCUT2D eigenvalue weighted by molar-refractivity contribution is 0.112. The van der Waals surface area contributed by atoms with Crippen LogP contribution in [0.3, 0.4) is 0 Å². The first-order valence-corrected chi connectivity index (χ1v) is 9.11. The van der Waals surface area contributed by atoms with Crippen LogP contribution < -0.4 is 5.32 Å². The first-order valence-electron chi connectivity index (χ1n) is 7.43. The molecule has 0 radical (unpaired) electrons. The van der Waals surface area contributed by atoms with Crippen LogP contribution in [0.4, 0.5) is 0 Å². The second kappa shape index (κ2) is 7.77. The molecule has 2 unspecified atom stereocenters. The van der Waals surface area contributed by atoms with E-state index in [2.05, 4.69) is 51.4 Å². The van der Waals surface area contributed by atoms with E-state index in [0.29, 0.717) is 12.1 Å². The predicted molar refractivity (Wildman–Crippen MR) is 87.8 cm³/mol. The summed E-state index contributed by atoms with van der Waals surface area (Å²) < 4.78 is 1.28. The van der Waals surface area contributed by atoms with Crippen molar-refractivity contribution >= 4 is 27.3 Å². The fraction of sp³-hybridized carbons (Fsp3) is 0.733. The average molecular weight is 345 g/mol. The second-order valence-electron chi connectivity index (χ2n) is 5.46. The standard InChI is InChI=1S/C15H25BrN2S/c1-3-5-12-10-18(13(6-4-2)9-17-12)11-15-14(16)7-8-19-15/h7-8,12-13,17H,3-6,9-11H2,1-2H3. The summed E-state index contributed by atoms with van der Waals surface area (Å²) in [6, 6.07) is 3.55. The van der Waals surface area contributed by atoms with Crippen molar-refractivity contribution in [2.24, 2.45) is 0 Å². The van der Waals surface area contributed by atoms with Crippen LogP contribution >= 0.6 is 27.3 Å². The van der Waals surface area contributed by atoms with Crippen LogP contribution in [0.15, 0.2) is 15.9 Å². The average Bonchev–Trinajstić information content (AvgIpc) is 2.79. The van der Waals surface area contributed by atoms with E-state index in [4.69, 9.17) is 0 Å². The van der Waals surface area contributed by atoms with Crippen molar-refractivity contribution in [2.75, 3.05) is 13.1 Å². The molecule has 1 aliphatic heterocycles. The van der Waals surface area contributed by atoms with Crippen molar-refractivity contribution in [3.63, 3.8) is 0 Å². The molecule has 1 fully saturated rings. The minimum absolute atomic E-state index is 0.678. The highest BCUT2D eigenvalue weighted by Crippen LogP contribution is 2.26. The third kappa shape index (κ3) is 4.28. The van der Waals surface area contributed by atoms with Crippen LogP contribution in [-0.2, 0) is 6.54 Å². The zero-order valence-corrected chi connectivity index (χ0v) is 14.4. The van der Waals surface area contributed by atoms with Crippen molar-refractivity contribution in [3.8, 4) is 0 Å². The van der Waals surface area contributed by atoms with Crippen molar-refractivity contribution in [3.05, 3.63) is 20.8 Å². The van der Waals surface area contributed by atoms with Gasteiger partial charge in [-0.05, 0) is 40.2 Å². The largest absolute Gasteiger partial charge is 0.311 e. The number of halogens is 1. The van der Waals surface area contributed by atoms with Gasteiger partial charge in [-0.15, -0.1) is 11.3 Å². The lowest BCUT2D eigenvalue weighted by Gasteiger charge is -2.40. The lowest BCUT2D eigenvalue weighted by atomic mass is 10.0. The van der Waals surface area contributed by atoms with Gasteiger partial charge in [-0.2, -0.15) is 0 Å². The van der Waals surface area contributed by atoms with Crippen LogP contribution in [-0.4, -0.2) is 30.1 Å². The summed E-state index contributed by atoms with van der Waals surface area (Å²) in [6.45, 7) is 8.02. The number of hydrogen-bond acceptors (Lipinski definition) is 3. The van der Waals surface area contributed by atoms with Crippen molar-refractivity contribution < 1.29 is 0 Å². The van der Waals surface area contributed by atoms with Crippen LogP contribution in [0.1, 0.15) is 44.4 Å². The molecule has 2 nitrogen and oxygen atoms in total.